The van der Waals surface area contributed by atoms with Crippen molar-refractivity contribution in [3.05, 3.63) is 46.0 Å². The number of hydrogen-bond acceptors (Lipinski definition) is 4. The fraction of sp³-hybridized carbons (Fsp3) is 0.500. The van der Waals surface area contributed by atoms with Gasteiger partial charge in [0.05, 0.1) is 21.9 Å². The monoisotopic (exact) mass is 493 g/mol. The van der Waals surface area contributed by atoms with Crippen LogP contribution < -0.4 is 5.32 Å². The number of likely N-dealkylation sites (tertiary alicyclic amines) is 1. The Bertz CT molecular complexity index is 939. The molecule has 9 heteroatoms. The number of carbonyl (C=O) groups excluding carboxylic acids is 4. The lowest BCUT2D eigenvalue weighted by Crippen LogP contribution is -2.48. The SMILES string of the molecule is CCCNC(=O)[C@@H](C)N(Cc1ccc(Cl)c(Cl)c1)C(=O)CCN1C(=O)[C@H]2CC=CC[C@H]2C1=O. The first kappa shape index (κ1) is 25.2. The standard InChI is InChI=1S/C24H29Cl2N3O4/c1-3-11-27-22(31)15(2)29(14-16-8-9-19(25)20(26)13-16)21(30)10-12-28-23(32)17-6-4-5-7-18(17)24(28)33/h4-5,8-9,13,15,17-18H,3,6-7,10-12,14H2,1-2H3,(H,27,31)/t15-,17-,18+/m1/s1. The molecule has 0 unspecified atom stereocenters. The largest absolute Gasteiger partial charge is 0.354 e. The molecule has 33 heavy (non-hydrogen) atoms. The summed E-state index contributed by atoms with van der Waals surface area (Å²) in [5, 5.41) is 3.57. The molecular formula is C24H29Cl2N3O4. The average molecular weight is 494 g/mol. The van der Waals surface area contributed by atoms with E-state index in [1.54, 1.807) is 25.1 Å². The first-order chi connectivity index (χ1) is 15.7. The Morgan fingerprint density at radius 2 is 1.76 bits per heavy atom. The van der Waals surface area contributed by atoms with Crippen molar-refractivity contribution in [1.29, 1.82) is 0 Å². The lowest BCUT2D eigenvalue weighted by molar-refractivity contribution is -0.143. The van der Waals surface area contributed by atoms with E-state index in [9.17, 15) is 19.2 Å². The van der Waals surface area contributed by atoms with Gasteiger partial charge < -0.3 is 10.2 Å². The number of halogens is 2. The summed E-state index contributed by atoms with van der Waals surface area (Å²) < 4.78 is 0. The van der Waals surface area contributed by atoms with Crippen LogP contribution in [0.15, 0.2) is 30.4 Å². The molecule has 0 bridgehead atoms. The number of imide groups is 1. The molecular weight excluding hydrogens is 465 g/mol. The van der Waals surface area contributed by atoms with Gasteiger partial charge in [-0.15, -0.1) is 0 Å². The normalized spacial score (nSPS) is 20.5. The Morgan fingerprint density at radius 1 is 1.12 bits per heavy atom. The number of nitrogens with zero attached hydrogens (tertiary/aromatic N) is 2. The maximum absolute atomic E-state index is 13.2. The fourth-order valence-electron chi connectivity index (χ4n) is 4.25. The van der Waals surface area contributed by atoms with Crippen molar-refractivity contribution < 1.29 is 19.2 Å². The summed E-state index contributed by atoms with van der Waals surface area (Å²) in [6, 6.07) is 4.30. The molecule has 178 valence electrons. The van der Waals surface area contributed by atoms with E-state index in [1.165, 1.54) is 9.80 Å². The highest BCUT2D eigenvalue weighted by atomic mass is 35.5. The zero-order valence-corrected chi connectivity index (χ0v) is 20.4. The zero-order chi connectivity index (χ0) is 24.1. The smallest absolute Gasteiger partial charge is 0.242 e. The molecule has 3 atom stereocenters. The molecule has 0 spiro atoms. The van der Waals surface area contributed by atoms with Gasteiger partial charge in [0.25, 0.3) is 0 Å². The van der Waals surface area contributed by atoms with Gasteiger partial charge in [0.15, 0.2) is 0 Å². The van der Waals surface area contributed by atoms with E-state index in [0.29, 0.717) is 29.4 Å². The van der Waals surface area contributed by atoms with Gasteiger partial charge in [-0.2, -0.15) is 0 Å². The second-order valence-electron chi connectivity index (χ2n) is 8.47. The number of nitrogens with one attached hydrogen (secondary N) is 1. The van der Waals surface area contributed by atoms with Crippen molar-refractivity contribution in [2.24, 2.45) is 11.8 Å². The maximum Gasteiger partial charge on any atom is 0.242 e. The molecule has 1 saturated heterocycles. The van der Waals surface area contributed by atoms with Crippen LogP contribution in [-0.2, 0) is 25.7 Å². The van der Waals surface area contributed by atoms with E-state index < -0.39 is 6.04 Å². The van der Waals surface area contributed by atoms with Gasteiger partial charge in [-0.05, 0) is 43.9 Å². The predicted octanol–water partition coefficient (Wildman–Crippen LogP) is 3.58. The van der Waals surface area contributed by atoms with Gasteiger partial charge in [-0.25, -0.2) is 0 Å². The Balaban J connectivity index is 1.72. The molecule has 1 heterocycles. The highest BCUT2D eigenvalue weighted by Crippen LogP contribution is 2.35. The van der Waals surface area contributed by atoms with E-state index in [1.807, 2.05) is 19.1 Å². The van der Waals surface area contributed by atoms with Crippen LogP contribution in [0.3, 0.4) is 0 Å². The Labute approximate surface area is 204 Å². The van der Waals surface area contributed by atoms with Crippen LogP contribution in [0.5, 0.6) is 0 Å². The number of allylic oxidation sites excluding steroid dienone is 2. The Hall–Kier alpha value is -2.38. The topological polar surface area (TPSA) is 86.8 Å². The fourth-order valence-corrected chi connectivity index (χ4v) is 4.57. The molecule has 3 rings (SSSR count). The summed E-state index contributed by atoms with van der Waals surface area (Å²) in [6.07, 6.45) is 5.68. The van der Waals surface area contributed by atoms with Crippen LogP contribution >= 0.6 is 23.2 Å². The van der Waals surface area contributed by atoms with Gasteiger partial charge in [0, 0.05) is 26.1 Å². The van der Waals surface area contributed by atoms with Gasteiger partial charge >= 0.3 is 0 Å². The summed E-state index contributed by atoms with van der Waals surface area (Å²) in [4.78, 5) is 53.9. The molecule has 1 aliphatic heterocycles. The molecule has 7 nitrogen and oxygen atoms in total. The maximum atomic E-state index is 13.2. The summed E-state index contributed by atoms with van der Waals surface area (Å²) >= 11 is 12.1. The second-order valence-corrected chi connectivity index (χ2v) is 9.29. The molecule has 1 N–H and O–H groups in total. The van der Waals surface area contributed by atoms with Crippen molar-refractivity contribution >= 4 is 46.8 Å². The quantitative estimate of drug-likeness (QED) is 0.420. The van der Waals surface area contributed by atoms with E-state index in [0.717, 1.165) is 12.0 Å². The third-order valence-corrected chi connectivity index (χ3v) is 6.94. The molecule has 1 fully saturated rings. The Kier molecular flexibility index (Phi) is 8.54. The summed E-state index contributed by atoms with van der Waals surface area (Å²) in [6.45, 7) is 4.26. The minimum atomic E-state index is -0.740. The van der Waals surface area contributed by atoms with Crippen LogP contribution in [0.2, 0.25) is 10.0 Å². The molecule has 4 amide bonds. The van der Waals surface area contributed by atoms with Crippen molar-refractivity contribution in [2.75, 3.05) is 13.1 Å². The van der Waals surface area contributed by atoms with Crippen molar-refractivity contribution in [3.63, 3.8) is 0 Å². The first-order valence-corrected chi connectivity index (χ1v) is 12.0. The van der Waals surface area contributed by atoms with Crippen LogP contribution in [0, 0.1) is 11.8 Å². The van der Waals surface area contributed by atoms with Crippen molar-refractivity contribution in [3.8, 4) is 0 Å². The summed E-state index contributed by atoms with van der Waals surface area (Å²) in [7, 11) is 0. The number of hydrogen-bond donors (Lipinski definition) is 1. The van der Waals surface area contributed by atoms with E-state index in [2.05, 4.69) is 5.32 Å². The van der Waals surface area contributed by atoms with Crippen LogP contribution in [-0.4, -0.2) is 52.6 Å². The first-order valence-electron chi connectivity index (χ1n) is 11.3. The van der Waals surface area contributed by atoms with E-state index in [4.69, 9.17) is 23.2 Å². The molecule has 0 saturated carbocycles. The van der Waals surface area contributed by atoms with Gasteiger partial charge in [-0.3, -0.25) is 24.1 Å². The van der Waals surface area contributed by atoms with Gasteiger partial charge in [0.2, 0.25) is 23.6 Å². The summed E-state index contributed by atoms with van der Waals surface area (Å²) in [5.74, 6) is -1.68. The van der Waals surface area contributed by atoms with Crippen molar-refractivity contribution in [2.45, 2.75) is 52.1 Å². The Morgan fingerprint density at radius 3 is 2.33 bits per heavy atom. The lowest BCUT2D eigenvalue weighted by atomic mass is 9.85. The highest BCUT2D eigenvalue weighted by Gasteiger charge is 2.47. The number of fused-ring (bicyclic) bond motifs is 1. The minimum absolute atomic E-state index is 0.00464. The number of rotatable bonds is 9. The third-order valence-electron chi connectivity index (χ3n) is 6.20. The van der Waals surface area contributed by atoms with E-state index in [-0.39, 0.29) is 55.0 Å². The molecule has 2 aliphatic rings. The predicted molar refractivity (Wildman–Crippen MR) is 126 cm³/mol. The number of carbonyl (C=O) groups is 4. The number of benzene rings is 1. The van der Waals surface area contributed by atoms with Gasteiger partial charge in [0.1, 0.15) is 6.04 Å². The minimum Gasteiger partial charge on any atom is -0.354 e. The average Bonchev–Trinajstić information content (AvgIpc) is 3.05. The van der Waals surface area contributed by atoms with Crippen LogP contribution in [0.25, 0.3) is 0 Å². The zero-order valence-electron chi connectivity index (χ0n) is 18.9. The molecule has 1 aromatic rings. The van der Waals surface area contributed by atoms with Crippen LogP contribution in [0.4, 0.5) is 0 Å². The van der Waals surface area contributed by atoms with Crippen LogP contribution in [0.1, 0.15) is 45.1 Å². The number of amides is 4. The van der Waals surface area contributed by atoms with Gasteiger partial charge in [-0.1, -0.05) is 48.3 Å². The second kappa shape index (κ2) is 11.2. The highest BCUT2D eigenvalue weighted by molar-refractivity contribution is 6.42. The summed E-state index contributed by atoms with van der Waals surface area (Å²) in [5.41, 5.74) is 0.721. The molecule has 0 radical (unpaired) electrons. The molecule has 0 aromatic heterocycles. The van der Waals surface area contributed by atoms with Crippen molar-refractivity contribution in [1.82, 2.24) is 15.1 Å². The molecule has 1 aromatic carbocycles. The third kappa shape index (κ3) is 5.76. The lowest BCUT2D eigenvalue weighted by Gasteiger charge is -2.29. The van der Waals surface area contributed by atoms with E-state index >= 15 is 0 Å². The molecule has 1 aliphatic carbocycles.